The van der Waals surface area contributed by atoms with Gasteiger partial charge in [0.15, 0.2) is 6.10 Å². The van der Waals surface area contributed by atoms with Crippen molar-refractivity contribution in [1.82, 2.24) is 0 Å². The minimum atomic E-state index is -0.751. The van der Waals surface area contributed by atoms with E-state index in [0.717, 1.165) is 30.5 Å². The van der Waals surface area contributed by atoms with Crippen molar-refractivity contribution in [2.45, 2.75) is 45.3 Å². The van der Waals surface area contributed by atoms with Crippen LogP contribution in [0.2, 0.25) is 0 Å². The van der Waals surface area contributed by atoms with Crippen LogP contribution in [0.15, 0.2) is 54.6 Å². The van der Waals surface area contributed by atoms with Gasteiger partial charge < -0.3 is 0 Å². The van der Waals surface area contributed by atoms with Gasteiger partial charge in [0.2, 0.25) is 5.91 Å². The maximum atomic E-state index is 13.3. The smallest absolute Gasteiger partial charge is 0.266 e. The Morgan fingerprint density at radius 1 is 0.963 bits per heavy atom. The SMILES string of the molecule is CCCC[C@H]1[C@H]2C(=O)N(c3ccccc3C)C(=O)[C@H]2ON1c1ccccc1. The molecule has 0 aliphatic carbocycles. The lowest BCUT2D eigenvalue weighted by atomic mass is 9.92. The molecule has 2 aromatic rings. The van der Waals surface area contributed by atoms with Crippen molar-refractivity contribution < 1.29 is 14.4 Å². The van der Waals surface area contributed by atoms with E-state index in [0.29, 0.717) is 5.69 Å². The molecular weight excluding hydrogens is 340 g/mol. The molecule has 5 nitrogen and oxygen atoms in total. The molecule has 2 amide bonds. The Morgan fingerprint density at radius 3 is 2.37 bits per heavy atom. The summed E-state index contributed by atoms with van der Waals surface area (Å²) in [5.41, 5.74) is 2.45. The molecule has 27 heavy (non-hydrogen) atoms. The molecule has 0 spiro atoms. The average molecular weight is 364 g/mol. The summed E-state index contributed by atoms with van der Waals surface area (Å²) >= 11 is 0. The van der Waals surface area contributed by atoms with E-state index in [1.54, 1.807) is 5.06 Å². The normalized spacial score (nSPS) is 24.6. The standard InChI is InChI=1S/C22H24N2O3/c1-3-4-13-18-19-20(27-24(18)16-11-6-5-7-12-16)22(26)23(21(19)25)17-14-9-8-10-15(17)2/h5-12,14,18-20H,3-4,13H2,1-2H3/t18-,19+,20-/m0/s1. The van der Waals surface area contributed by atoms with Gasteiger partial charge in [-0.25, -0.2) is 9.96 Å². The van der Waals surface area contributed by atoms with Crippen LogP contribution in [-0.2, 0) is 14.4 Å². The van der Waals surface area contributed by atoms with Crippen LogP contribution in [-0.4, -0.2) is 24.0 Å². The van der Waals surface area contributed by atoms with E-state index in [4.69, 9.17) is 4.84 Å². The van der Waals surface area contributed by atoms with Crippen LogP contribution in [0, 0.1) is 12.8 Å². The lowest BCUT2D eigenvalue weighted by Gasteiger charge is -2.28. The number of amides is 2. The van der Waals surface area contributed by atoms with Gasteiger partial charge in [-0.3, -0.25) is 14.4 Å². The highest BCUT2D eigenvalue weighted by atomic mass is 16.7. The molecule has 4 rings (SSSR count). The Kier molecular flexibility index (Phi) is 4.70. The summed E-state index contributed by atoms with van der Waals surface area (Å²) in [6, 6.07) is 17.1. The monoisotopic (exact) mass is 364 g/mol. The van der Waals surface area contributed by atoms with Crippen LogP contribution in [0.4, 0.5) is 11.4 Å². The summed E-state index contributed by atoms with van der Waals surface area (Å²) in [6.45, 7) is 4.04. The molecule has 0 aromatic heterocycles. The predicted molar refractivity (Wildman–Crippen MR) is 104 cm³/mol. The number of carbonyl (C=O) groups is 2. The van der Waals surface area contributed by atoms with Gasteiger partial charge in [0, 0.05) is 0 Å². The zero-order valence-electron chi connectivity index (χ0n) is 15.7. The Bertz CT molecular complexity index is 852. The van der Waals surface area contributed by atoms with E-state index in [9.17, 15) is 9.59 Å². The van der Waals surface area contributed by atoms with Gasteiger partial charge in [-0.15, -0.1) is 0 Å². The van der Waals surface area contributed by atoms with Crippen LogP contribution in [0.5, 0.6) is 0 Å². The number of hydrogen-bond acceptors (Lipinski definition) is 4. The van der Waals surface area contributed by atoms with Crippen LogP contribution < -0.4 is 9.96 Å². The predicted octanol–water partition coefficient (Wildman–Crippen LogP) is 3.86. The number of carbonyl (C=O) groups excluding carboxylic acids is 2. The van der Waals surface area contributed by atoms with E-state index in [-0.39, 0.29) is 17.9 Å². The van der Waals surface area contributed by atoms with Crippen molar-refractivity contribution in [2.24, 2.45) is 5.92 Å². The van der Waals surface area contributed by atoms with Crippen molar-refractivity contribution in [2.75, 3.05) is 9.96 Å². The molecule has 5 heteroatoms. The molecule has 2 aliphatic rings. The van der Waals surface area contributed by atoms with Gasteiger partial charge in [0.05, 0.1) is 23.3 Å². The summed E-state index contributed by atoms with van der Waals surface area (Å²) in [5, 5.41) is 1.79. The fourth-order valence-electron chi connectivity index (χ4n) is 4.08. The third kappa shape index (κ3) is 2.92. The Labute approximate surface area is 159 Å². The van der Waals surface area contributed by atoms with Gasteiger partial charge in [0.25, 0.3) is 5.91 Å². The number of nitrogens with zero attached hydrogens (tertiary/aromatic N) is 2. The molecule has 0 saturated carbocycles. The minimum Gasteiger partial charge on any atom is -0.273 e. The topological polar surface area (TPSA) is 49.9 Å². The molecule has 2 aliphatic heterocycles. The molecule has 0 bridgehead atoms. The number of anilines is 2. The highest BCUT2D eigenvalue weighted by Gasteiger charge is 2.59. The first kappa shape index (κ1) is 17.7. The van der Waals surface area contributed by atoms with Crippen molar-refractivity contribution in [1.29, 1.82) is 0 Å². The maximum absolute atomic E-state index is 13.3. The number of hydroxylamine groups is 1. The zero-order chi connectivity index (χ0) is 19.0. The first-order valence-corrected chi connectivity index (χ1v) is 9.58. The third-order valence-electron chi connectivity index (χ3n) is 5.46. The zero-order valence-corrected chi connectivity index (χ0v) is 15.7. The number of benzene rings is 2. The van der Waals surface area contributed by atoms with E-state index in [1.807, 2.05) is 61.5 Å². The molecule has 140 valence electrons. The Balaban J connectivity index is 1.69. The summed E-state index contributed by atoms with van der Waals surface area (Å²) in [4.78, 5) is 33.8. The second-order valence-corrected chi connectivity index (χ2v) is 7.22. The minimum absolute atomic E-state index is 0.136. The second kappa shape index (κ2) is 7.16. The largest absolute Gasteiger partial charge is 0.273 e. The fraction of sp³-hybridized carbons (Fsp3) is 0.364. The number of unbranched alkanes of at least 4 members (excludes halogenated alkanes) is 1. The van der Waals surface area contributed by atoms with Crippen molar-refractivity contribution in [3.05, 3.63) is 60.2 Å². The molecule has 2 saturated heterocycles. The maximum Gasteiger partial charge on any atom is 0.266 e. The molecule has 2 heterocycles. The fourth-order valence-corrected chi connectivity index (χ4v) is 4.08. The van der Waals surface area contributed by atoms with Crippen molar-refractivity contribution >= 4 is 23.2 Å². The first-order valence-electron chi connectivity index (χ1n) is 9.58. The Morgan fingerprint density at radius 2 is 1.67 bits per heavy atom. The van der Waals surface area contributed by atoms with Gasteiger partial charge in [-0.2, -0.15) is 0 Å². The molecule has 0 radical (unpaired) electrons. The number of fused-ring (bicyclic) bond motifs is 1. The third-order valence-corrected chi connectivity index (χ3v) is 5.46. The molecule has 0 unspecified atom stereocenters. The van der Waals surface area contributed by atoms with E-state index >= 15 is 0 Å². The Hall–Kier alpha value is -2.66. The quantitative estimate of drug-likeness (QED) is 0.756. The second-order valence-electron chi connectivity index (χ2n) is 7.22. The summed E-state index contributed by atoms with van der Waals surface area (Å²) < 4.78 is 0. The number of para-hydroxylation sites is 2. The summed E-state index contributed by atoms with van der Waals surface area (Å²) in [6.07, 6.45) is 2.07. The van der Waals surface area contributed by atoms with E-state index in [2.05, 4.69) is 6.92 Å². The first-order chi connectivity index (χ1) is 13.1. The molecule has 0 N–H and O–H groups in total. The summed E-state index contributed by atoms with van der Waals surface area (Å²) in [7, 11) is 0. The van der Waals surface area contributed by atoms with Gasteiger partial charge in [-0.1, -0.05) is 56.2 Å². The molecule has 2 aromatic carbocycles. The number of aryl methyl sites for hydroxylation is 1. The van der Waals surface area contributed by atoms with Crippen molar-refractivity contribution in [3.63, 3.8) is 0 Å². The lowest BCUT2D eigenvalue weighted by Crippen LogP contribution is -2.40. The number of rotatable bonds is 5. The van der Waals surface area contributed by atoms with Gasteiger partial charge in [0.1, 0.15) is 0 Å². The molecular formula is C22H24N2O3. The lowest BCUT2D eigenvalue weighted by molar-refractivity contribution is -0.126. The average Bonchev–Trinajstić information content (AvgIpc) is 3.18. The van der Waals surface area contributed by atoms with Crippen LogP contribution >= 0.6 is 0 Å². The molecule has 2 fully saturated rings. The van der Waals surface area contributed by atoms with Crippen LogP contribution in [0.25, 0.3) is 0 Å². The highest BCUT2D eigenvalue weighted by molar-refractivity contribution is 6.24. The number of imide groups is 1. The number of hydrogen-bond donors (Lipinski definition) is 0. The summed E-state index contributed by atoms with van der Waals surface area (Å²) in [5.74, 6) is -0.887. The van der Waals surface area contributed by atoms with Crippen LogP contribution in [0.1, 0.15) is 31.7 Å². The highest BCUT2D eigenvalue weighted by Crippen LogP contribution is 2.42. The van der Waals surface area contributed by atoms with Crippen LogP contribution in [0.3, 0.4) is 0 Å². The molecule has 3 atom stereocenters. The van der Waals surface area contributed by atoms with Gasteiger partial charge >= 0.3 is 0 Å². The van der Waals surface area contributed by atoms with E-state index in [1.165, 1.54) is 4.90 Å². The van der Waals surface area contributed by atoms with Crippen molar-refractivity contribution in [3.8, 4) is 0 Å². The van der Waals surface area contributed by atoms with E-state index < -0.39 is 12.0 Å². The van der Waals surface area contributed by atoms with Gasteiger partial charge in [-0.05, 0) is 37.1 Å².